The summed E-state index contributed by atoms with van der Waals surface area (Å²) in [6, 6.07) is 11.3. The summed E-state index contributed by atoms with van der Waals surface area (Å²) in [7, 11) is -1.93. The molecule has 2 aromatic rings. The van der Waals surface area contributed by atoms with E-state index in [0.29, 0.717) is 43.5 Å². The summed E-state index contributed by atoms with van der Waals surface area (Å²) in [5, 5.41) is 15.3. The number of nitrogens with zero attached hydrogens (tertiary/aromatic N) is 1. The smallest absolute Gasteiger partial charge is 0.335 e. The van der Waals surface area contributed by atoms with E-state index < -0.39 is 21.2 Å². The molecule has 43 heavy (non-hydrogen) atoms. The number of primary sulfonamides is 1. The third-order valence-electron chi connectivity index (χ3n) is 9.78. The van der Waals surface area contributed by atoms with Gasteiger partial charge in [-0.1, -0.05) is 36.7 Å². The highest BCUT2D eigenvalue weighted by Crippen LogP contribution is 2.46. The molecular formula is C33H43ClN2O6S. The number of aromatic carboxylic acids is 1. The molecule has 234 valence electrons. The maximum atomic E-state index is 11.9. The molecule has 3 aliphatic rings. The average molecular weight is 631 g/mol. The van der Waals surface area contributed by atoms with Gasteiger partial charge in [0.1, 0.15) is 5.75 Å². The molecule has 1 saturated carbocycles. The van der Waals surface area contributed by atoms with Crippen LogP contribution in [0.5, 0.6) is 5.75 Å². The summed E-state index contributed by atoms with van der Waals surface area (Å²) in [6.45, 7) is 3.87. The molecule has 0 amide bonds. The van der Waals surface area contributed by atoms with Crippen LogP contribution in [0.25, 0.3) is 0 Å². The van der Waals surface area contributed by atoms with E-state index in [9.17, 15) is 18.3 Å². The van der Waals surface area contributed by atoms with Gasteiger partial charge in [0.05, 0.1) is 29.2 Å². The van der Waals surface area contributed by atoms with Gasteiger partial charge in [0.25, 0.3) is 0 Å². The van der Waals surface area contributed by atoms with Crippen LogP contribution < -0.4 is 14.8 Å². The maximum absolute atomic E-state index is 11.9. The topological polar surface area (TPSA) is 119 Å². The molecule has 1 spiro atoms. The van der Waals surface area contributed by atoms with Gasteiger partial charge in [0, 0.05) is 30.6 Å². The van der Waals surface area contributed by atoms with E-state index in [1.54, 1.807) is 25.3 Å². The lowest BCUT2D eigenvalue weighted by atomic mass is 9.69. The van der Waals surface area contributed by atoms with Crippen molar-refractivity contribution in [2.45, 2.75) is 75.1 Å². The second-order valence-corrected chi connectivity index (χ2v) is 14.7. The number of allylic oxidation sites excluding steroid dienone is 1. The standard InChI is InChI=1S/C33H43ClN2O6S/c1-3-28(43(35,39)40)13-12-27(41-2)11-8-22-6-7-25(22)19-36-20-33(16-4-5-23-17-26(34)10-14-29(23)33)21-42-31-15-9-24(32(37)38)18-30(31)36/h8-11,14-15,17-18,22,25,27-28H,3-7,12-13,16,19-21H2,1-2H3,(H,37,38)(H2,35,39,40)/b11-8+/t22-,25-,27-,28+,33-/m0/s1. The van der Waals surface area contributed by atoms with E-state index in [1.165, 1.54) is 11.1 Å². The zero-order valence-electron chi connectivity index (χ0n) is 25.0. The van der Waals surface area contributed by atoms with Crippen molar-refractivity contribution in [1.82, 2.24) is 0 Å². The molecule has 8 nitrogen and oxygen atoms in total. The van der Waals surface area contributed by atoms with E-state index in [0.717, 1.165) is 55.9 Å². The number of carboxylic acids is 1. The molecule has 1 heterocycles. The molecule has 0 aromatic heterocycles. The number of aryl methyl sites for hydroxylation is 1. The molecule has 5 atom stereocenters. The first-order valence-electron chi connectivity index (χ1n) is 15.3. The summed E-state index contributed by atoms with van der Waals surface area (Å²) >= 11 is 6.38. The number of carboxylic acid groups (broad SMARTS) is 1. The second-order valence-electron chi connectivity index (χ2n) is 12.4. The Hall–Kier alpha value is -2.59. The molecule has 0 unspecified atom stereocenters. The van der Waals surface area contributed by atoms with Crippen LogP contribution in [-0.4, -0.2) is 57.7 Å². The van der Waals surface area contributed by atoms with Crippen molar-refractivity contribution >= 4 is 33.3 Å². The molecule has 0 saturated heterocycles. The Morgan fingerprint density at radius 1 is 1.26 bits per heavy atom. The molecule has 0 bridgehead atoms. The van der Waals surface area contributed by atoms with E-state index in [4.69, 9.17) is 26.2 Å². The molecule has 10 heteroatoms. The predicted octanol–water partition coefficient (Wildman–Crippen LogP) is 5.96. The van der Waals surface area contributed by atoms with Crippen molar-refractivity contribution in [3.63, 3.8) is 0 Å². The number of halogens is 1. The van der Waals surface area contributed by atoms with E-state index in [2.05, 4.69) is 29.2 Å². The minimum atomic E-state index is -3.58. The average Bonchev–Trinajstić information content (AvgIpc) is 3.10. The lowest BCUT2D eigenvalue weighted by Gasteiger charge is -2.44. The van der Waals surface area contributed by atoms with Gasteiger partial charge >= 0.3 is 5.97 Å². The number of nitrogens with two attached hydrogens (primary N) is 1. The fraction of sp³-hybridized carbons (Fsp3) is 0.545. The Balaban J connectivity index is 1.37. The lowest BCUT2D eigenvalue weighted by Crippen LogP contribution is -2.48. The van der Waals surface area contributed by atoms with Crippen molar-refractivity contribution in [3.05, 3.63) is 70.3 Å². The summed E-state index contributed by atoms with van der Waals surface area (Å²) < 4.78 is 35.8. The molecule has 1 aliphatic heterocycles. The van der Waals surface area contributed by atoms with Crippen LogP contribution in [-0.2, 0) is 26.6 Å². The maximum Gasteiger partial charge on any atom is 0.335 e. The Morgan fingerprint density at radius 3 is 2.74 bits per heavy atom. The van der Waals surface area contributed by atoms with Crippen LogP contribution in [0.2, 0.25) is 5.02 Å². The first-order chi connectivity index (χ1) is 20.5. The zero-order valence-corrected chi connectivity index (χ0v) is 26.6. The number of carbonyl (C=O) groups is 1. The number of fused-ring (bicyclic) bond motifs is 3. The molecular weight excluding hydrogens is 588 g/mol. The molecule has 5 rings (SSSR count). The predicted molar refractivity (Wildman–Crippen MR) is 170 cm³/mol. The van der Waals surface area contributed by atoms with Crippen molar-refractivity contribution in [3.8, 4) is 5.75 Å². The molecule has 3 N–H and O–H groups in total. The number of rotatable bonds is 11. The summed E-state index contributed by atoms with van der Waals surface area (Å²) in [4.78, 5) is 14.3. The highest BCUT2D eigenvalue weighted by Gasteiger charge is 2.43. The first-order valence-corrected chi connectivity index (χ1v) is 17.3. The van der Waals surface area contributed by atoms with Crippen molar-refractivity contribution in [2.24, 2.45) is 17.0 Å². The van der Waals surface area contributed by atoms with Gasteiger partial charge in [-0.2, -0.15) is 0 Å². The largest absolute Gasteiger partial charge is 0.490 e. The van der Waals surface area contributed by atoms with Crippen molar-refractivity contribution in [2.75, 3.05) is 31.7 Å². The van der Waals surface area contributed by atoms with Gasteiger partial charge in [-0.3, -0.25) is 0 Å². The fourth-order valence-electron chi connectivity index (χ4n) is 7.12. The minimum Gasteiger partial charge on any atom is -0.490 e. The minimum absolute atomic E-state index is 0.184. The van der Waals surface area contributed by atoms with Crippen molar-refractivity contribution < 1.29 is 27.8 Å². The van der Waals surface area contributed by atoms with Crippen LogP contribution in [0.15, 0.2) is 48.6 Å². The Kier molecular flexibility index (Phi) is 9.76. The Bertz CT molecular complexity index is 1460. The number of hydrogen-bond acceptors (Lipinski definition) is 6. The molecule has 2 aliphatic carbocycles. The van der Waals surface area contributed by atoms with Gasteiger partial charge in [-0.05, 0) is 105 Å². The first kappa shape index (κ1) is 31.8. The molecule has 2 aromatic carbocycles. The lowest BCUT2D eigenvalue weighted by molar-refractivity contribution is 0.0697. The van der Waals surface area contributed by atoms with Crippen LogP contribution in [0.4, 0.5) is 5.69 Å². The number of ether oxygens (including phenoxy) is 2. The van der Waals surface area contributed by atoms with E-state index in [1.807, 2.05) is 13.0 Å². The van der Waals surface area contributed by atoms with Crippen LogP contribution in [0.3, 0.4) is 0 Å². The Morgan fingerprint density at radius 2 is 2.07 bits per heavy atom. The second kappa shape index (κ2) is 13.2. The van der Waals surface area contributed by atoms with Gasteiger partial charge in [0.15, 0.2) is 0 Å². The molecule has 1 fully saturated rings. The van der Waals surface area contributed by atoms with Gasteiger partial charge < -0.3 is 19.5 Å². The van der Waals surface area contributed by atoms with Crippen LogP contribution in [0, 0.1) is 11.8 Å². The highest BCUT2D eigenvalue weighted by molar-refractivity contribution is 7.89. The van der Waals surface area contributed by atoms with Gasteiger partial charge in [0.2, 0.25) is 10.0 Å². The van der Waals surface area contributed by atoms with E-state index in [-0.39, 0.29) is 17.1 Å². The normalized spacial score (nSPS) is 24.9. The monoisotopic (exact) mass is 630 g/mol. The van der Waals surface area contributed by atoms with Crippen LogP contribution >= 0.6 is 11.6 Å². The summed E-state index contributed by atoms with van der Waals surface area (Å²) in [5.41, 5.74) is 3.39. The third-order valence-corrected chi connectivity index (χ3v) is 11.5. The highest BCUT2D eigenvalue weighted by atomic mass is 35.5. The fourth-order valence-corrected chi connectivity index (χ4v) is 8.24. The SMILES string of the molecule is CC[C@H](CC[C@H](/C=C/[C@@H]1CC[C@H]1CN1C[C@@]2(CCCc3cc(Cl)ccc32)COc2ccc(C(=O)O)cc21)OC)S(N)(=O)=O. The third kappa shape index (κ3) is 7.06. The van der Waals surface area contributed by atoms with E-state index >= 15 is 0 Å². The zero-order chi connectivity index (χ0) is 30.8. The van der Waals surface area contributed by atoms with Gasteiger partial charge in [-0.15, -0.1) is 0 Å². The van der Waals surface area contributed by atoms with Crippen molar-refractivity contribution in [1.29, 1.82) is 0 Å². The number of benzene rings is 2. The number of hydrogen-bond donors (Lipinski definition) is 2. The quantitative estimate of drug-likeness (QED) is 0.294. The summed E-state index contributed by atoms with van der Waals surface area (Å²) in [5.74, 6) is 0.490. The number of anilines is 1. The number of methoxy groups -OCH3 is 1. The number of sulfonamides is 1. The Labute approximate surface area is 260 Å². The summed E-state index contributed by atoms with van der Waals surface area (Å²) in [6.07, 6.45) is 10.8. The van der Waals surface area contributed by atoms with Crippen LogP contribution in [0.1, 0.15) is 73.4 Å². The van der Waals surface area contributed by atoms with Gasteiger partial charge in [-0.25, -0.2) is 18.4 Å². The molecule has 0 radical (unpaired) electrons.